The highest BCUT2D eigenvalue weighted by atomic mass is 32.2. The molecule has 1 saturated heterocycles. The van der Waals surface area contributed by atoms with Gasteiger partial charge < -0.3 is 14.7 Å². The lowest BCUT2D eigenvalue weighted by Crippen LogP contribution is -2.36. The molecule has 180 valence electrons. The zero-order valence-corrected chi connectivity index (χ0v) is 20.5. The maximum Gasteiger partial charge on any atom is 0.410 e. The van der Waals surface area contributed by atoms with Crippen molar-refractivity contribution in [2.24, 2.45) is 0 Å². The molecular formula is C30H31NO3S. The molecule has 1 fully saturated rings. The average Bonchev–Trinajstić information content (AvgIpc) is 3.33. The standard InChI is InChI=1S/C30H31NO3S/c1-2-21-34-29(33)31-23-28(22-27(31)19-12-20-32)35-30(24-13-6-3-7-14-24,25-15-8-4-9-16-25)26-17-10-5-11-18-26/h2-19,27-28,32H,1,20-23H2/b19-12-/t27-,28+/m1/s1. The summed E-state index contributed by atoms with van der Waals surface area (Å²) in [4.78, 5) is 14.6. The van der Waals surface area contributed by atoms with Crippen molar-refractivity contribution < 1.29 is 14.6 Å². The highest BCUT2D eigenvalue weighted by molar-refractivity contribution is 8.01. The van der Waals surface area contributed by atoms with E-state index >= 15 is 0 Å². The molecule has 5 heteroatoms. The van der Waals surface area contributed by atoms with Crippen LogP contribution in [0.15, 0.2) is 116 Å². The van der Waals surface area contributed by atoms with Crippen molar-refractivity contribution in [1.82, 2.24) is 4.90 Å². The molecule has 1 N–H and O–H groups in total. The van der Waals surface area contributed by atoms with E-state index in [1.54, 1.807) is 17.1 Å². The molecule has 1 heterocycles. The Morgan fingerprint density at radius 2 is 1.49 bits per heavy atom. The summed E-state index contributed by atoms with van der Waals surface area (Å²) in [7, 11) is 0. The average molecular weight is 486 g/mol. The zero-order valence-electron chi connectivity index (χ0n) is 19.7. The van der Waals surface area contributed by atoms with E-state index in [1.807, 2.05) is 36.0 Å². The summed E-state index contributed by atoms with van der Waals surface area (Å²) in [6.45, 7) is 4.30. The maximum absolute atomic E-state index is 12.8. The molecule has 1 aliphatic rings. The number of nitrogens with zero attached hydrogens (tertiary/aromatic N) is 1. The van der Waals surface area contributed by atoms with Crippen LogP contribution >= 0.6 is 11.8 Å². The van der Waals surface area contributed by atoms with Crippen LogP contribution in [0.1, 0.15) is 23.1 Å². The number of aliphatic hydroxyl groups excluding tert-OH is 1. The quantitative estimate of drug-likeness (QED) is 0.297. The summed E-state index contributed by atoms with van der Waals surface area (Å²) >= 11 is 1.88. The lowest BCUT2D eigenvalue weighted by molar-refractivity contribution is 0.114. The summed E-state index contributed by atoms with van der Waals surface area (Å²) in [5.41, 5.74) is 3.58. The largest absolute Gasteiger partial charge is 0.445 e. The highest BCUT2D eigenvalue weighted by Gasteiger charge is 2.43. The topological polar surface area (TPSA) is 49.8 Å². The Kier molecular flexibility index (Phi) is 8.45. The Morgan fingerprint density at radius 1 is 0.971 bits per heavy atom. The number of carbonyl (C=O) groups is 1. The summed E-state index contributed by atoms with van der Waals surface area (Å²) < 4.78 is 4.92. The second-order valence-corrected chi connectivity index (χ2v) is 9.97. The summed E-state index contributed by atoms with van der Waals surface area (Å²) in [5, 5.41) is 9.49. The van der Waals surface area contributed by atoms with Gasteiger partial charge in [-0.2, -0.15) is 0 Å². The van der Waals surface area contributed by atoms with Crippen LogP contribution in [0.3, 0.4) is 0 Å². The number of hydrogen-bond acceptors (Lipinski definition) is 4. The molecule has 0 aliphatic carbocycles. The van der Waals surface area contributed by atoms with Crippen LogP contribution in [0, 0.1) is 0 Å². The fourth-order valence-corrected chi connectivity index (χ4v) is 6.55. The van der Waals surface area contributed by atoms with Gasteiger partial charge in [0, 0.05) is 11.8 Å². The predicted octanol–water partition coefficient (Wildman–Crippen LogP) is 6.03. The first-order valence-electron chi connectivity index (χ1n) is 11.8. The van der Waals surface area contributed by atoms with Crippen LogP contribution in [0.25, 0.3) is 0 Å². The molecule has 1 amide bonds. The number of rotatable bonds is 9. The van der Waals surface area contributed by atoms with Crippen molar-refractivity contribution in [1.29, 1.82) is 0 Å². The van der Waals surface area contributed by atoms with Gasteiger partial charge in [-0.1, -0.05) is 116 Å². The number of likely N-dealkylation sites (tertiary alicyclic amines) is 1. The van der Waals surface area contributed by atoms with Crippen LogP contribution in [0.2, 0.25) is 0 Å². The Labute approximate surface area is 211 Å². The first-order chi connectivity index (χ1) is 17.2. The monoisotopic (exact) mass is 485 g/mol. The third-order valence-corrected chi connectivity index (χ3v) is 7.95. The molecule has 0 spiro atoms. The van der Waals surface area contributed by atoms with Crippen molar-refractivity contribution in [2.75, 3.05) is 19.8 Å². The van der Waals surface area contributed by atoms with E-state index < -0.39 is 4.75 Å². The first kappa shape index (κ1) is 24.8. The van der Waals surface area contributed by atoms with Crippen LogP contribution in [-0.2, 0) is 9.48 Å². The minimum Gasteiger partial charge on any atom is -0.445 e. The third kappa shape index (κ3) is 5.53. The van der Waals surface area contributed by atoms with E-state index in [0.29, 0.717) is 6.54 Å². The Bertz CT molecular complexity index is 1020. The number of thioether (sulfide) groups is 1. The first-order valence-corrected chi connectivity index (χ1v) is 12.7. The van der Waals surface area contributed by atoms with E-state index in [4.69, 9.17) is 4.74 Å². The molecule has 0 unspecified atom stereocenters. The van der Waals surface area contributed by atoms with Crippen LogP contribution in [-0.4, -0.2) is 47.1 Å². The second kappa shape index (κ2) is 11.9. The van der Waals surface area contributed by atoms with E-state index in [0.717, 1.165) is 6.42 Å². The molecule has 4 nitrogen and oxygen atoms in total. The molecule has 35 heavy (non-hydrogen) atoms. The number of benzene rings is 3. The van der Waals surface area contributed by atoms with Crippen molar-refractivity contribution in [3.05, 3.63) is 132 Å². The molecular weight excluding hydrogens is 454 g/mol. The molecule has 1 aliphatic heterocycles. The molecule has 3 aromatic rings. The van der Waals surface area contributed by atoms with Gasteiger partial charge in [-0.25, -0.2) is 4.79 Å². The Hall–Kier alpha value is -3.28. The molecule has 0 aromatic heterocycles. The molecule has 0 radical (unpaired) electrons. The Morgan fingerprint density at radius 3 is 1.94 bits per heavy atom. The molecule has 0 bridgehead atoms. The van der Waals surface area contributed by atoms with Gasteiger partial charge in [0.25, 0.3) is 0 Å². The van der Waals surface area contributed by atoms with Crippen LogP contribution < -0.4 is 0 Å². The van der Waals surface area contributed by atoms with E-state index in [-0.39, 0.29) is 30.6 Å². The number of ether oxygens (including phenoxy) is 1. The smallest absolute Gasteiger partial charge is 0.410 e. The predicted molar refractivity (Wildman–Crippen MR) is 143 cm³/mol. The Balaban J connectivity index is 1.77. The van der Waals surface area contributed by atoms with Crippen molar-refractivity contribution in [2.45, 2.75) is 22.5 Å². The third-order valence-electron chi connectivity index (χ3n) is 6.21. The lowest BCUT2D eigenvalue weighted by Gasteiger charge is -2.37. The van der Waals surface area contributed by atoms with Gasteiger partial charge in [0.1, 0.15) is 6.61 Å². The number of carbonyl (C=O) groups excluding carboxylic acids is 1. The maximum atomic E-state index is 12.8. The number of aliphatic hydroxyl groups is 1. The summed E-state index contributed by atoms with van der Waals surface area (Å²) in [6, 6.07) is 31.5. The van der Waals surface area contributed by atoms with Gasteiger partial charge in [-0.15, -0.1) is 11.8 Å². The molecule has 4 rings (SSSR count). The molecule has 3 aromatic carbocycles. The van der Waals surface area contributed by atoms with Crippen molar-refractivity contribution in [3.63, 3.8) is 0 Å². The lowest BCUT2D eigenvalue weighted by atomic mass is 9.84. The number of hydrogen-bond donors (Lipinski definition) is 1. The van der Waals surface area contributed by atoms with Gasteiger partial charge in [0.05, 0.1) is 17.4 Å². The van der Waals surface area contributed by atoms with Crippen molar-refractivity contribution in [3.8, 4) is 0 Å². The minimum absolute atomic E-state index is 0.0637. The second-order valence-electron chi connectivity index (χ2n) is 8.45. The van der Waals surface area contributed by atoms with Gasteiger partial charge in [0.15, 0.2) is 0 Å². The van der Waals surface area contributed by atoms with Gasteiger partial charge in [0.2, 0.25) is 0 Å². The SMILES string of the molecule is C=CCOC(=O)N1C[C@@H](SC(c2ccccc2)(c2ccccc2)c2ccccc2)C[C@H]1/C=C\CO. The zero-order chi connectivity index (χ0) is 24.5. The fourth-order valence-electron chi connectivity index (χ4n) is 4.71. The van der Waals surface area contributed by atoms with Gasteiger partial charge in [-0.05, 0) is 23.1 Å². The molecule has 0 saturated carbocycles. The number of amides is 1. The van der Waals surface area contributed by atoms with Crippen LogP contribution in [0.5, 0.6) is 0 Å². The van der Waals surface area contributed by atoms with Crippen LogP contribution in [0.4, 0.5) is 4.79 Å². The van der Waals surface area contributed by atoms with Gasteiger partial charge >= 0.3 is 6.09 Å². The van der Waals surface area contributed by atoms with E-state index in [2.05, 4.69) is 79.4 Å². The molecule has 2 atom stereocenters. The fraction of sp³-hybridized carbons (Fsp3) is 0.233. The van der Waals surface area contributed by atoms with E-state index in [1.165, 1.54) is 16.7 Å². The van der Waals surface area contributed by atoms with Crippen molar-refractivity contribution >= 4 is 17.9 Å². The summed E-state index contributed by atoms with van der Waals surface area (Å²) in [6.07, 6.45) is 5.59. The van der Waals surface area contributed by atoms with E-state index in [9.17, 15) is 9.90 Å². The minimum atomic E-state index is -0.458. The highest BCUT2D eigenvalue weighted by Crippen LogP contribution is 2.52. The van der Waals surface area contributed by atoms with Gasteiger partial charge in [-0.3, -0.25) is 0 Å². The summed E-state index contributed by atoms with van der Waals surface area (Å²) in [5.74, 6) is 0. The normalized spacial score (nSPS) is 18.0.